The molecule has 0 amide bonds. The summed E-state index contributed by atoms with van der Waals surface area (Å²) in [5.74, 6) is 0.613. The van der Waals surface area contributed by atoms with Gasteiger partial charge in [-0.15, -0.1) is 0 Å². The lowest BCUT2D eigenvalue weighted by molar-refractivity contribution is 0.363. The fourth-order valence-electron chi connectivity index (χ4n) is 6.70. The molecule has 0 aliphatic heterocycles. The molecular weight excluding hydrogens is 456 g/mol. The molecule has 38 heavy (non-hydrogen) atoms. The summed E-state index contributed by atoms with van der Waals surface area (Å²) in [5, 5.41) is 0. The molecule has 0 unspecified atom stereocenters. The fourth-order valence-corrected chi connectivity index (χ4v) is 6.70. The molecule has 4 aromatic rings. The minimum absolute atomic E-state index is 0.0291. The van der Waals surface area contributed by atoms with Gasteiger partial charge < -0.3 is 0 Å². The molecule has 6 rings (SSSR count). The SMILES string of the molecule is Cc1ccc(-c2cccc3c2C=C(C(C)(CC(C)C)C2=Cc4c(cccc4-c4ccc(C)cc4)C2)C3)cc1. The molecule has 0 nitrogen and oxygen atoms in total. The minimum Gasteiger partial charge on any atom is -0.0627 e. The van der Waals surface area contributed by atoms with E-state index in [2.05, 4.69) is 132 Å². The second-order valence-corrected chi connectivity index (χ2v) is 12.1. The zero-order chi connectivity index (χ0) is 26.4. The van der Waals surface area contributed by atoms with Crippen molar-refractivity contribution in [2.45, 2.75) is 53.9 Å². The van der Waals surface area contributed by atoms with Crippen LogP contribution in [0.25, 0.3) is 34.4 Å². The normalized spacial score (nSPS) is 14.4. The highest BCUT2D eigenvalue weighted by molar-refractivity contribution is 5.84. The number of allylic oxidation sites excluding steroid dienone is 2. The average Bonchev–Trinajstić information content (AvgIpc) is 3.55. The van der Waals surface area contributed by atoms with E-state index < -0.39 is 0 Å². The number of fused-ring (bicyclic) bond motifs is 2. The van der Waals surface area contributed by atoms with Crippen molar-refractivity contribution in [2.24, 2.45) is 11.3 Å². The molecule has 0 saturated heterocycles. The van der Waals surface area contributed by atoms with Crippen LogP contribution in [-0.2, 0) is 12.8 Å². The number of hydrogen-bond acceptors (Lipinski definition) is 0. The monoisotopic (exact) mass is 494 g/mol. The molecule has 0 heterocycles. The van der Waals surface area contributed by atoms with E-state index in [1.54, 1.807) is 11.1 Å². The first-order valence-corrected chi connectivity index (χ1v) is 14.1. The molecule has 0 heteroatoms. The molecule has 0 bridgehead atoms. The zero-order valence-electron chi connectivity index (χ0n) is 23.4. The van der Waals surface area contributed by atoms with Crippen molar-refractivity contribution in [3.05, 3.63) is 129 Å². The molecule has 0 radical (unpaired) electrons. The Morgan fingerprint density at radius 1 is 0.605 bits per heavy atom. The van der Waals surface area contributed by atoms with Gasteiger partial charge in [-0.1, -0.05) is 140 Å². The minimum atomic E-state index is 0.0291. The molecule has 0 fully saturated rings. The van der Waals surface area contributed by atoms with Crippen molar-refractivity contribution in [1.29, 1.82) is 0 Å². The van der Waals surface area contributed by atoms with Crippen LogP contribution in [0.4, 0.5) is 0 Å². The Kier molecular flexibility index (Phi) is 6.23. The summed E-state index contributed by atoms with van der Waals surface area (Å²) >= 11 is 0. The van der Waals surface area contributed by atoms with E-state index in [-0.39, 0.29) is 5.41 Å². The Labute approximate surface area is 228 Å². The molecule has 0 saturated carbocycles. The largest absolute Gasteiger partial charge is 0.0627 e. The van der Waals surface area contributed by atoms with E-state index >= 15 is 0 Å². The van der Waals surface area contributed by atoms with Gasteiger partial charge in [-0.2, -0.15) is 0 Å². The van der Waals surface area contributed by atoms with Crippen LogP contribution < -0.4 is 0 Å². The van der Waals surface area contributed by atoms with Gasteiger partial charge >= 0.3 is 0 Å². The predicted octanol–water partition coefficient (Wildman–Crippen LogP) is 10.3. The molecule has 0 spiro atoms. The lowest BCUT2D eigenvalue weighted by Gasteiger charge is -2.35. The van der Waals surface area contributed by atoms with Crippen molar-refractivity contribution >= 4 is 12.2 Å². The third-order valence-corrected chi connectivity index (χ3v) is 8.75. The van der Waals surface area contributed by atoms with Crippen LogP contribution in [0.2, 0.25) is 0 Å². The molecule has 0 N–H and O–H groups in total. The summed E-state index contributed by atoms with van der Waals surface area (Å²) in [7, 11) is 0. The van der Waals surface area contributed by atoms with Gasteiger partial charge in [-0.25, -0.2) is 0 Å². The fraction of sp³-hybridized carbons (Fsp3) is 0.263. The van der Waals surface area contributed by atoms with E-state index in [0.29, 0.717) is 5.92 Å². The first kappa shape index (κ1) is 24.7. The lowest BCUT2D eigenvalue weighted by Crippen LogP contribution is -2.25. The smallest absolute Gasteiger partial charge is 0.0108 e. The van der Waals surface area contributed by atoms with Gasteiger partial charge in [0.25, 0.3) is 0 Å². The second kappa shape index (κ2) is 9.59. The number of hydrogen-bond donors (Lipinski definition) is 0. The number of benzene rings is 4. The van der Waals surface area contributed by atoms with Crippen molar-refractivity contribution in [2.75, 3.05) is 0 Å². The maximum absolute atomic E-state index is 2.54. The highest BCUT2D eigenvalue weighted by Crippen LogP contribution is 2.51. The van der Waals surface area contributed by atoms with Crippen molar-refractivity contribution in [3.8, 4) is 22.3 Å². The van der Waals surface area contributed by atoms with Crippen LogP contribution in [0.5, 0.6) is 0 Å². The van der Waals surface area contributed by atoms with E-state index in [9.17, 15) is 0 Å². The van der Waals surface area contributed by atoms with Crippen molar-refractivity contribution in [1.82, 2.24) is 0 Å². The first-order valence-electron chi connectivity index (χ1n) is 14.1. The molecule has 190 valence electrons. The van der Waals surface area contributed by atoms with Crippen molar-refractivity contribution in [3.63, 3.8) is 0 Å². The number of rotatable bonds is 6. The quantitative estimate of drug-likeness (QED) is 0.250. The van der Waals surface area contributed by atoms with Crippen LogP contribution in [0.1, 0.15) is 60.6 Å². The summed E-state index contributed by atoms with van der Waals surface area (Å²) in [4.78, 5) is 0. The summed E-state index contributed by atoms with van der Waals surface area (Å²) < 4.78 is 0. The van der Waals surface area contributed by atoms with Gasteiger partial charge in [0.15, 0.2) is 0 Å². The Morgan fingerprint density at radius 3 is 1.42 bits per heavy atom. The first-order chi connectivity index (χ1) is 18.3. The Hall–Kier alpha value is -3.64. The maximum atomic E-state index is 2.54. The lowest BCUT2D eigenvalue weighted by atomic mass is 9.69. The summed E-state index contributed by atoms with van der Waals surface area (Å²) in [5.41, 5.74) is 16.9. The molecule has 4 aromatic carbocycles. The van der Waals surface area contributed by atoms with Crippen molar-refractivity contribution < 1.29 is 0 Å². The summed E-state index contributed by atoms with van der Waals surface area (Å²) in [6.45, 7) is 11.6. The third kappa shape index (κ3) is 4.37. The summed E-state index contributed by atoms with van der Waals surface area (Å²) in [6.07, 6.45) is 8.31. The van der Waals surface area contributed by atoms with Gasteiger partial charge in [-0.3, -0.25) is 0 Å². The predicted molar refractivity (Wildman–Crippen MR) is 164 cm³/mol. The van der Waals surface area contributed by atoms with E-state index in [4.69, 9.17) is 0 Å². The highest BCUT2D eigenvalue weighted by atomic mass is 14.4. The molecule has 2 aliphatic rings. The molecular formula is C38H38. The Balaban J connectivity index is 1.42. The van der Waals surface area contributed by atoms with Gasteiger partial charge in [0, 0.05) is 5.41 Å². The Morgan fingerprint density at radius 2 is 1.03 bits per heavy atom. The Bertz CT molecular complexity index is 1440. The van der Waals surface area contributed by atoms with Crippen LogP contribution >= 0.6 is 0 Å². The topological polar surface area (TPSA) is 0 Å². The van der Waals surface area contributed by atoms with Gasteiger partial charge in [0.1, 0.15) is 0 Å². The van der Waals surface area contributed by atoms with Crippen LogP contribution in [-0.4, -0.2) is 0 Å². The average molecular weight is 495 g/mol. The molecule has 0 aromatic heterocycles. The number of aryl methyl sites for hydroxylation is 2. The maximum Gasteiger partial charge on any atom is 0.0108 e. The second-order valence-electron chi connectivity index (χ2n) is 12.1. The van der Waals surface area contributed by atoms with E-state index in [1.807, 2.05) is 0 Å². The van der Waals surface area contributed by atoms with Gasteiger partial charge in [0.2, 0.25) is 0 Å². The van der Waals surface area contributed by atoms with Crippen LogP contribution in [0.15, 0.2) is 96.1 Å². The van der Waals surface area contributed by atoms with E-state index in [1.165, 1.54) is 55.6 Å². The highest BCUT2D eigenvalue weighted by Gasteiger charge is 2.38. The molecule has 2 aliphatic carbocycles. The van der Waals surface area contributed by atoms with E-state index in [0.717, 1.165) is 19.3 Å². The van der Waals surface area contributed by atoms with Crippen LogP contribution in [0, 0.1) is 25.2 Å². The van der Waals surface area contributed by atoms with Gasteiger partial charge in [-0.05, 0) is 83.5 Å². The molecule has 0 atom stereocenters. The van der Waals surface area contributed by atoms with Gasteiger partial charge in [0.05, 0.1) is 0 Å². The standard InChI is InChI=1S/C38H38/c1-25(2)24-38(5,32-20-30-8-6-10-34(36(30)22-32)28-16-12-26(3)13-17-28)33-21-31-9-7-11-35(37(31)23-33)29-18-14-27(4)15-19-29/h6-19,22-23,25H,20-21,24H2,1-5H3. The van der Waals surface area contributed by atoms with Crippen LogP contribution in [0.3, 0.4) is 0 Å². The zero-order valence-corrected chi connectivity index (χ0v) is 23.4. The summed E-state index contributed by atoms with van der Waals surface area (Å²) in [6, 6.07) is 31.7. The third-order valence-electron chi connectivity index (χ3n) is 8.75.